The lowest BCUT2D eigenvalue weighted by Crippen LogP contribution is -2.31. The van der Waals surface area contributed by atoms with Gasteiger partial charge in [-0.05, 0) is 6.92 Å². The van der Waals surface area contributed by atoms with Crippen molar-refractivity contribution >= 4 is 5.97 Å². The monoisotopic (exact) mass is 158 g/mol. The maximum absolute atomic E-state index is 10.1. The average Bonchev–Trinajstić information content (AvgIpc) is 1.82. The van der Waals surface area contributed by atoms with E-state index in [2.05, 4.69) is 5.43 Å². The van der Waals surface area contributed by atoms with Gasteiger partial charge in [-0.2, -0.15) is 0 Å². The zero-order valence-electron chi connectivity index (χ0n) is 7.09. The zero-order valence-corrected chi connectivity index (χ0v) is 7.09. The molecule has 0 atom stereocenters. The number of carboxylic acids is 1. The summed E-state index contributed by atoms with van der Waals surface area (Å²) in [5.41, 5.74) is 3.75. The molecule has 11 heavy (non-hydrogen) atoms. The summed E-state index contributed by atoms with van der Waals surface area (Å²) in [5, 5.41) is 10.1. The van der Waals surface area contributed by atoms with E-state index in [1.165, 1.54) is 6.08 Å². The quantitative estimate of drug-likeness (QED) is 0.449. The van der Waals surface area contributed by atoms with E-state index in [4.69, 9.17) is 5.11 Å². The minimum Gasteiger partial charge on any atom is -0.478 e. The molecule has 0 spiro atoms. The maximum atomic E-state index is 10.1. The molecule has 64 valence electrons. The lowest BCUT2D eigenvalue weighted by molar-refractivity contribution is -0.131. The summed E-state index contributed by atoms with van der Waals surface area (Å²) in [6.07, 6.45) is 1.19. The molecule has 0 bridgehead atoms. The van der Waals surface area contributed by atoms with E-state index in [-0.39, 0.29) is 0 Å². The number of hydrogen-bond donors (Lipinski definition) is 2. The van der Waals surface area contributed by atoms with Crippen molar-refractivity contribution in [2.45, 2.75) is 6.92 Å². The van der Waals surface area contributed by atoms with Crippen LogP contribution in [0.15, 0.2) is 11.6 Å². The molecule has 0 aliphatic heterocycles. The molecule has 0 aromatic heterocycles. The maximum Gasteiger partial charge on any atom is 0.328 e. The summed E-state index contributed by atoms with van der Waals surface area (Å²) in [4.78, 5) is 10.1. The first-order valence-electron chi connectivity index (χ1n) is 3.33. The number of nitrogens with one attached hydrogen (secondary N) is 1. The van der Waals surface area contributed by atoms with Gasteiger partial charge in [0.2, 0.25) is 0 Å². The van der Waals surface area contributed by atoms with Gasteiger partial charge in [0.05, 0.1) is 0 Å². The van der Waals surface area contributed by atoms with Crippen molar-refractivity contribution in [1.29, 1.82) is 0 Å². The molecule has 0 fully saturated rings. The van der Waals surface area contributed by atoms with Crippen molar-refractivity contribution < 1.29 is 9.90 Å². The second-order valence-electron chi connectivity index (χ2n) is 2.56. The van der Waals surface area contributed by atoms with Crippen molar-refractivity contribution in [3.05, 3.63) is 11.6 Å². The van der Waals surface area contributed by atoms with Gasteiger partial charge in [-0.15, -0.1) is 0 Å². The third-order valence-electron chi connectivity index (χ3n) is 1.04. The fourth-order valence-corrected chi connectivity index (χ4v) is 0.545. The first kappa shape index (κ1) is 10.1. The number of hydrazine groups is 1. The summed E-state index contributed by atoms with van der Waals surface area (Å²) >= 11 is 0. The second kappa shape index (κ2) is 4.87. The van der Waals surface area contributed by atoms with Crippen LogP contribution in [0, 0.1) is 0 Å². The Bertz CT molecular complexity index is 164. The van der Waals surface area contributed by atoms with Crippen LogP contribution in [0.1, 0.15) is 6.92 Å². The molecule has 0 aromatic carbocycles. The Kier molecular flexibility index (Phi) is 4.49. The molecule has 0 aliphatic rings. The fraction of sp³-hybridized carbons (Fsp3) is 0.571. The Balaban J connectivity index is 3.68. The van der Waals surface area contributed by atoms with Gasteiger partial charge in [0, 0.05) is 26.7 Å². The molecule has 4 heteroatoms. The van der Waals surface area contributed by atoms with Crippen LogP contribution in [0.4, 0.5) is 0 Å². The standard InChI is InChI=1S/C7H14N2O2/c1-6(4-7(10)11)5-8-9(2)3/h4,8H,5H2,1-3H3,(H,10,11)/b6-4+. The highest BCUT2D eigenvalue weighted by Gasteiger charge is 1.93. The van der Waals surface area contributed by atoms with Crippen LogP contribution in [0.25, 0.3) is 0 Å². The van der Waals surface area contributed by atoms with Gasteiger partial charge in [-0.3, -0.25) is 10.4 Å². The molecule has 0 aliphatic carbocycles. The fourth-order valence-electron chi connectivity index (χ4n) is 0.545. The van der Waals surface area contributed by atoms with Crippen LogP contribution in [0.3, 0.4) is 0 Å². The van der Waals surface area contributed by atoms with Crippen LogP contribution < -0.4 is 5.43 Å². The topological polar surface area (TPSA) is 52.6 Å². The molecule has 4 nitrogen and oxygen atoms in total. The highest BCUT2D eigenvalue weighted by atomic mass is 16.4. The van der Waals surface area contributed by atoms with Gasteiger partial charge in [-0.25, -0.2) is 4.79 Å². The van der Waals surface area contributed by atoms with Crippen molar-refractivity contribution in [2.75, 3.05) is 20.6 Å². The normalized spacial score (nSPS) is 12.2. The van der Waals surface area contributed by atoms with E-state index >= 15 is 0 Å². The summed E-state index contributed by atoms with van der Waals surface area (Å²) < 4.78 is 0. The van der Waals surface area contributed by atoms with Gasteiger partial charge in [0.25, 0.3) is 0 Å². The van der Waals surface area contributed by atoms with Crippen LogP contribution in [-0.2, 0) is 4.79 Å². The average molecular weight is 158 g/mol. The number of rotatable bonds is 4. The molecule has 2 N–H and O–H groups in total. The van der Waals surface area contributed by atoms with E-state index in [0.29, 0.717) is 6.54 Å². The Morgan fingerprint density at radius 1 is 1.64 bits per heavy atom. The Hall–Kier alpha value is -0.870. The van der Waals surface area contributed by atoms with Gasteiger partial charge >= 0.3 is 5.97 Å². The van der Waals surface area contributed by atoms with Crippen molar-refractivity contribution in [2.24, 2.45) is 0 Å². The van der Waals surface area contributed by atoms with Crippen molar-refractivity contribution in [1.82, 2.24) is 10.4 Å². The van der Waals surface area contributed by atoms with Gasteiger partial charge < -0.3 is 5.11 Å². The zero-order chi connectivity index (χ0) is 8.85. The van der Waals surface area contributed by atoms with E-state index in [1.54, 1.807) is 11.9 Å². The molecule has 0 rings (SSSR count). The van der Waals surface area contributed by atoms with Gasteiger partial charge in [0.15, 0.2) is 0 Å². The van der Waals surface area contributed by atoms with Gasteiger partial charge in [0.1, 0.15) is 0 Å². The van der Waals surface area contributed by atoms with Gasteiger partial charge in [-0.1, -0.05) is 5.57 Å². The van der Waals surface area contributed by atoms with E-state index in [9.17, 15) is 4.79 Å². The molecule has 0 aromatic rings. The lowest BCUT2D eigenvalue weighted by atomic mass is 10.3. The Morgan fingerprint density at radius 3 is 2.55 bits per heavy atom. The largest absolute Gasteiger partial charge is 0.478 e. The molecule has 0 saturated carbocycles. The summed E-state index contributed by atoms with van der Waals surface area (Å²) in [7, 11) is 3.71. The van der Waals surface area contributed by atoms with Crippen LogP contribution >= 0.6 is 0 Å². The van der Waals surface area contributed by atoms with E-state index in [0.717, 1.165) is 5.57 Å². The van der Waals surface area contributed by atoms with Crippen LogP contribution in [0.2, 0.25) is 0 Å². The molecule has 0 radical (unpaired) electrons. The van der Waals surface area contributed by atoms with E-state index < -0.39 is 5.97 Å². The Morgan fingerprint density at radius 2 is 2.18 bits per heavy atom. The third-order valence-corrected chi connectivity index (χ3v) is 1.04. The molecule has 0 amide bonds. The molecule has 0 unspecified atom stereocenters. The first-order chi connectivity index (χ1) is 5.02. The predicted octanol–water partition coefficient (Wildman–Crippen LogP) is 0.0835. The third kappa shape index (κ3) is 7.02. The highest BCUT2D eigenvalue weighted by Crippen LogP contribution is 1.88. The van der Waals surface area contributed by atoms with Crippen molar-refractivity contribution in [3.63, 3.8) is 0 Å². The predicted molar refractivity (Wildman–Crippen MR) is 43.1 cm³/mol. The summed E-state index contributed by atoms with van der Waals surface area (Å²) in [6.45, 7) is 2.34. The number of carboxylic acid groups (broad SMARTS) is 1. The number of hydrogen-bond acceptors (Lipinski definition) is 3. The van der Waals surface area contributed by atoms with Crippen LogP contribution in [-0.4, -0.2) is 36.7 Å². The van der Waals surface area contributed by atoms with E-state index in [1.807, 2.05) is 14.1 Å². The minimum absolute atomic E-state index is 0.569. The smallest absolute Gasteiger partial charge is 0.328 e. The molecular formula is C7H14N2O2. The number of aliphatic carboxylic acids is 1. The Labute approximate surface area is 66.5 Å². The molecule has 0 heterocycles. The molecular weight excluding hydrogens is 144 g/mol. The highest BCUT2D eigenvalue weighted by molar-refractivity contribution is 5.80. The number of nitrogens with zero attached hydrogens (tertiary/aromatic N) is 1. The second-order valence-corrected chi connectivity index (χ2v) is 2.56. The molecule has 0 saturated heterocycles. The lowest BCUT2D eigenvalue weighted by Gasteiger charge is -2.11. The van der Waals surface area contributed by atoms with Crippen molar-refractivity contribution in [3.8, 4) is 0 Å². The summed E-state index contributed by atoms with van der Waals surface area (Å²) in [5.74, 6) is -0.900. The number of carbonyl (C=O) groups is 1. The first-order valence-corrected chi connectivity index (χ1v) is 3.33. The summed E-state index contributed by atoms with van der Waals surface area (Å²) in [6, 6.07) is 0. The minimum atomic E-state index is -0.900. The SMILES string of the molecule is C/C(=C\C(=O)O)CNN(C)C. The van der Waals surface area contributed by atoms with Crippen LogP contribution in [0.5, 0.6) is 0 Å².